The fraction of sp³-hybridized carbons (Fsp3) is 0.238. The number of aromatic nitrogens is 2. The van der Waals surface area contributed by atoms with Gasteiger partial charge in [-0.25, -0.2) is 0 Å². The van der Waals surface area contributed by atoms with Gasteiger partial charge in [-0.2, -0.15) is 5.10 Å². The van der Waals surface area contributed by atoms with Crippen molar-refractivity contribution >= 4 is 34.3 Å². The molecular formula is C21H18N4O4. The largest absolute Gasteiger partial charge is 0.376 e. The van der Waals surface area contributed by atoms with Crippen LogP contribution in [0.4, 0.5) is 5.69 Å². The highest BCUT2D eigenvalue weighted by Crippen LogP contribution is 2.27. The van der Waals surface area contributed by atoms with Gasteiger partial charge in [0.05, 0.1) is 41.2 Å². The van der Waals surface area contributed by atoms with Crippen LogP contribution in [0.1, 0.15) is 43.9 Å². The van der Waals surface area contributed by atoms with Crippen LogP contribution in [-0.4, -0.2) is 52.1 Å². The zero-order chi connectivity index (χ0) is 20.0. The first kappa shape index (κ1) is 17.6. The molecule has 146 valence electrons. The van der Waals surface area contributed by atoms with Gasteiger partial charge in [0.25, 0.3) is 17.7 Å². The molecule has 1 fully saturated rings. The molecule has 8 nitrogen and oxygen atoms in total. The molecule has 1 atom stereocenters. The van der Waals surface area contributed by atoms with E-state index in [1.807, 2.05) is 12.1 Å². The van der Waals surface area contributed by atoms with E-state index >= 15 is 0 Å². The number of rotatable bonds is 4. The number of ether oxygens (including phenoxy) is 1. The zero-order valence-electron chi connectivity index (χ0n) is 15.5. The highest BCUT2D eigenvalue weighted by molar-refractivity contribution is 6.22. The van der Waals surface area contributed by atoms with E-state index in [0.717, 1.165) is 23.7 Å². The van der Waals surface area contributed by atoms with Crippen LogP contribution in [0.25, 0.3) is 10.9 Å². The number of carbonyl (C=O) groups excluding carboxylic acids is 3. The Morgan fingerprint density at radius 1 is 1.21 bits per heavy atom. The molecule has 0 bridgehead atoms. The number of H-pyrrole nitrogens is 1. The number of hydrogen-bond acceptors (Lipinski definition) is 5. The number of benzene rings is 2. The minimum atomic E-state index is -0.384. The molecule has 0 aliphatic carbocycles. The summed E-state index contributed by atoms with van der Waals surface area (Å²) in [7, 11) is 0. The third-order valence-electron chi connectivity index (χ3n) is 5.37. The molecule has 3 aromatic rings. The van der Waals surface area contributed by atoms with Gasteiger partial charge < -0.3 is 10.1 Å². The fourth-order valence-corrected chi connectivity index (χ4v) is 3.86. The monoisotopic (exact) mass is 390 g/mol. The lowest BCUT2D eigenvalue weighted by atomic mass is 10.1. The number of amides is 3. The molecule has 2 aliphatic rings. The molecule has 2 aliphatic heterocycles. The maximum atomic E-state index is 12.8. The summed E-state index contributed by atoms with van der Waals surface area (Å²) in [5.41, 5.74) is 2.19. The maximum absolute atomic E-state index is 12.8. The second kappa shape index (κ2) is 6.82. The molecule has 0 radical (unpaired) electrons. The highest BCUT2D eigenvalue weighted by atomic mass is 16.5. The first-order valence-electron chi connectivity index (χ1n) is 9.47. The number of fused-ring (bicyclic) bond motifs is 2. The van der Waals surface area contributed by atoms with Crippen LogP contribution in [-0.2, 0) is 4.74 Å². The van der Waals surface area contributed by atoms with Gasteiger partial charge in [-0.15, -0.1) is 0 Å². The number of nitrogens with one attached hydrogen (secondary N) is 2. The van der Waals surface area contributed by atoms with E-state index in [0.29, 0.717) is 23.4 Å². The minimum absolute atomic E-state index is 0.116. The molecule has 1 aromatic heterocycles. The number of hydrogen-bond donors (Lipinski definition) is 2. The van der Waals surface area contributed by atoms with Crippen molar-refractivity contribution < 1.29 is 19.1 Å². The Kier molecular flexibility index (Phi) is 4.13. The minimum Gasteiger partial charge on any atom is -0.376 e. The lowest BCUT2D eigenvalue weighted by Gasteiger charge is -2.17. The van der Waals surface area contributed by atoms with E-state index < -0.39 is 0 Å². The number of aromatic amines is 1. The number of para-hydroxylation sites is 1. The van der Waals surface area contributed by atoms with Crippen molar-refractivity contribution in [3.05, 3.63) is 59.3 Å². The molecule has 0 saturated carbocycles. The van der Waals surface area contributed by atoms with Crippen LogP contribution in [0, 0.1) is 0 Å². The van der Waals surface area contributed by atoms with Crippen LogP contribution < -0.4 is 5.32 Å². The van der Waals surface area contributed by atoms with E-state index in [1.165, 1.54) is 17.0 Å². The number of carbonyl (C=O) groups is 3. The molecule has 1 unspecified atom stereocenters. The lowest BCUT2D eigenvalue weighted by Crippen LogP contribution is -2.36. The average Bonchev–Trinajstić information content (AvgIpc) is 3.46. The molecule has 3 heterocycles. The molecule has 0 spiro atoms. The van der Waals surface area contributed by atoms with Crippen LogP contribution in [0.15, 0.2) is 42.6 Å². The van der Waals surface area contributed by atoms with E-state index in [-0.39, 0.29) is 35.9 Å². The summed E-state index contributed by atoms with van der Waals surface area (Å²) in [6, 6.07) is 10.0. The van der Waals surface area contributed by atoms with Gasteiger partial charge in [0.1, 0.15) is 0 Å². The van der Waals surface area contributed by atoms with Gasteiger partial charge >= 0.3 is 0 Å². The Balaban J connectivity index is 1.39. The van der Waals surface area contributed by atoms with Crippen molar-refractivity contribution in [2.24, 2.45) is 0 Å². The van der Waals surface area contributed by atoms with E-state index in [4.69, 9.17) is 4.74 Å². The summed E-state index contributed by atoms with van der Waals surface area (Å²) in [4.78, 5) is 39.4. The van der Waals surface area contributed by atoms with Crippen molar-refractivity contribution in [1.82, 2.24) is 15.1 Å². The van der Waals surface area contributed by atoms with Crippen molar-refractivity contribution in [3.8, 4) is 0 Å². The van der Waals surface area contributed by atoms with E-state index in [2.05, 4.69) is 15.5 Å². The Morgan fingerprint density at radius 2 is 2.07 bits per heavy atom. The third-order valence-corrected chi connectivity index (χ3v) is 5.37. The second-order valence-electron chi connectivity index (χ2n) is 7.21. The van der Waals surface area contributed by atoms with Crippen molar-refractivity contribution in [2.75, 3.05) is 18.5 Å². The first-order chi connectivity index (χ1) is 14.1. The molecule has 1 saturated heterocycles. The summed E-state index contributed by atoms with van der Waals surface area (Å²) < 4.78 is 5.55. The lowest BCUT2D eigenvalue weighted by molar-refractivity contribution is 0.0475. The van der Waals surface area contributed by atoms with Gasteiger partial charge in [0, 0.05) is 17.6 Å². The molecule has 8 heteroatoms. The van der Waals surface area contributed by atoms with Gasteiger partial charge in [-0.3, -0.25) is 24.4 Å². The quantitative estimate of drug-likeness (QED) is 0.667. The Hall–Kier alpha value is -3.52. The predicted octanol–water partition coefficient (Wildman–Crippen LogP) is 2.59. The molecule has 3 amide bonds. The summed E-state index contributed by atoms with van der Waals surface area (Å²) >= 11 is 0. The fourth-order valence-electron chi connectivity index (χ4n) is 3.86. The van der Waals surface area contributed by atoms with Crippen LogP contribution in [0.3, 0.4) is 0 Å². The number of anilines is 1. The summed E-state index contributed by atoms with van der Waals surface area (Å²) in [5.74, 6) is -1.09. The van der Waals surface area contributed by atoms with Gasteiger partial charge in [0.15, 0.2) is 0 Å². The number of imide groups is 1. The first-order valence-corrected chi connectivity index (χ1v) is 9.47. The van der Waals surface area contributed by atoms with Crippen LogP contribution >= 0.6 is 0 Å². The topological polar surface area (TPSA) is 104 Å². The van der Waals surface area contributed by atoms with Crippen molar-refractivity contribution in [3.63, 3.8) is 0 Å². The standard InChI is InChI=1S/C21H18N4O4/c26-19(23-17-5-1-3-13-10-22-24-18(13)17)12-6-7-15-16(9-12)21(28)25(20(15)27)11-14-4-2-8-29-14/h1,3,5-7,9-10,14H,2,4,8,11H2,(H,22,24)(H,23,26). The van der Waals surface area contributed by atoms with Crippen LogP contribution in [0.2, 0.25) is 0 Å². The van der Waals surface area contributed by atoms with Crippen LogP contribution in [0.5, 0.6) is 0 Å². The maximum Gasteiger partial charge on any atom is 0.261 e. The van der Waals surface area contributed by atoms with E-state index in [9.17, 15) is 14.4 Å². The Morgan fingerprint density at radius 3 is 2.90 bits per heavy atom. The highest BCUT2D eigenvalue weighted by Gasteiger charge is 2.38. The smallest absolute Gasteiger partial charge is 0.261 e. The summed E-state index contributed by atoms with van der Waals surface area (Å²) in [6.07, 6.45) is 3.32. The van der Waals surface area contributed by atoms with Gasteiger partial charge in [-0.1, -0.05) is 12.1 Å². The van der Waals surface area contributed by atoms with Crippen molar-refractivity contribution in [1.29, 1.82) is 0 Å². The summed E-state index contributed by atoms with van der Waals surface area (Å²) in [6.45, 7) is 0.900. The summed E-state index contributed by atoms with van der Waals surface area (Å²) in [5, 5.41) is 10.6. The molecule has 29 heavy (non-hydrogen) atoms. The average molecular weight is 390 g/mol. The Labute approximate surface area is 165 Å². The van der Waals surface area contributed by atoms with Gasteiger partial charge in [0.2, 0.25) is 0 Å². The van der Waals surface area contributed by atoms with Gasteiger partial charge in [-0.05, 0) is 37.1 Å². The predicted molar refractivity (Wildman–Crippen MR) is 105 cm³/mol. The second-order valence-corrected chi connectivity index (χ2v) is 7.21. The zero-order valence-corrected chi connectivity index (χ0v) is 15.5. The Bertz CT molecular complexity index is 1150. The normalized spacial score (nSPS) is 18.5. The SMILES string of the molecule is O=C(Nc1cccc2cn[nH]c12)c1ccc2c(c1)C(=O)N(CC1CCCO1)C2=O. The molecule has 5 rings (SSSR count). The number of nitrogens with zero attached hydrogens (tertiary/aromatic N) is 2. The molecular weight excluding hydrogens is 372 g/mol. The van der Waals surface area contributed by atoms with Crippen molar-refractivity contribution in [2.45, 2.75) is 18.9 Å². The third kappa shape index (κ3) is 2.98. The molecule has 2 aromatic carbocycles. The molecule has 2 N–H and O–H groups in total. The van der Waals surface area contributed by atoms with E-state index in [1.54, 1.807) is 18.3 Å².